The summed E-state index contributed by atoms with van der Waals surface area (Å²) in [6.07, 6.45) is 1.43. The maximum atomic E-state index is 10.9. The Morgan fingerprint density at radius 1 is 1.59 bits per heavy atom. The number of anilines is 1. The highest BCUT2D eigenvalue weighted by atomic mass is 35.5. The molecule has 1 aromatic heterocycles. The van der Waals surface area contributed by atoms with Crippen molar-refractivity contribution in [2.45, 2.75) is 0 Å². The minimum Gasteiger partial charge on any atom is -0.501 e. The zero-order valence-electron chi connectivity index (χ0n) is 8.77. The number of hydrogen-bond donors (Lipinski definition) is 2. The second kappa shape index (κ2) is 4.06. The molecule has 0 saturated carbocycles. The molecule has 0 aliphatic carbocycles. The molecule has 0 fully saturated rings. The van der Waals surface area contributed by atoms with Crippen molar-refractivity contribution in [3.63, 3.8) is 0 Å². The van der Waals surface area contributed by atoms with Crippen molar-refractivity contribution in [1.29, 1.82) is 0 Å². The molecule has 1 heterocycles. The second-order valence-corrected chi connectivity index (χ2v) is 3.67. The van der Waals surface area contributed by atoms with Crippen molar-refractivity contribution in [2.24, 2.45) is 0 Å². The van der Waals surface area contributed by atoms with Crippen LogP contribution in [-0.2, 0) is 0 Å². The molecule has 17 heavy (non-hydrogen) atoms. The summed E-state index contributed by atoms with van der Waals surface area (Å²) in [5, 5.41) is 24.0. The van der Waals surface area contributed by atoms with Crippen molar-refractivity contribution in [3.05, 3.63) is 33.5 Å². The number of pyridine rings is 1. The average molecular weight is 254 g/mol. The molecular weight excluding hydrogens is 246 g/mol. The van der Waals surface area contributed by atoms with Crippen LogP contribution in [0.3, 0.4) is 0 Å². The number of phenolic OH excluding ortho intramolecular Hbond substituents is 1. The molecule has 0 spiro atoms. The Bertz CT molecular complexity index is 615. The Kier molecular flexibility index (Phi) is 2.72. The van der Waals surface area contributed by atoms with Crippen LogP contribution >= 0.6 is 11.6 Å². The van der Waals surface area contributed by atoms with Crippen LogP contribution < -0.4 is 5.32 Å². The van der Waals surface area contributed by atoms with E-state index in [1.54, 1.807) is 12.1 Å². The van der Waals surface area contributed by atoms with E-state index in [2.05, 4.69) is 10.3 Å². The topological polar surface area (TPSA) is 88.3 Å². The molecule has 88 valence electrons. The molecule has 0 unspecified atom stereocenters. The molecule has 0 aliphatic rings. The summed E-state index contributed by atoms with van der Waals surface area (Å²) in [4.78, 5) is 14.1. The number of nitrogens with one attached hydrogen (secondary N) is 1. The van der Waals surface area contributed by atoms with E-state index in [0.29, 0.717) is 5.39 Å². The predicted octanol–water partition coefficient (Wildman–Crippen LogP) is 2.54. The lowest BCUT2D eigenvalue weighted by molar-refractivity contribution is -0.384. The molecule has 0 bridgehead atoms. The van der Waals surface area contributed by atoms with E-state index in [9.17, 15) is 15.2 Å². The smallest absolute Gasteiger partial charge is 0.337 e. The zero-order chi connectivity index (χ0) is 12.6. The van der Waals surface area contributed by atoms with Gasteiger partial charge >= 0.3 is 5.69 Å². The summed E-state index contributed by atoms with van der Waals surface area (Å²) in [5.41, 5.74) is -0.276. The number of fused-ring (bicyclic) bond motifs is 1. The van der Waals surface area contributed by atoms with Crippen LogP contribution in [0.5, 0.6) is 5.75 Å². The van der Waals surface area contributed by atoms with Crippen LogP contribution in [0.1, 0.15) is 0 Å². The standard InChI is InChI=1S/C10H8ClN3O3/c1-12-8-6(11)5-3-2-4-13-7(5)10(15)9(8)14(16)17/h2-4,12,15H,1H3. The van der Waals surface area contributed by atoms with Gasteiger partial charge in [0.05, 0.1) is 9.95 Å². The Balaban J connectivity index is 2.99. The highest BCUT2D eigenvalue weighted by Gasteiger charge is 2.26. The Labute approximate surface area is 101 Å². The van der Waals surface area contributed by atoms with Crippen LogP contribution in [-0.4, -0.2) is 22.1 Å². The van der Waals surface area contributed by atoms with Gasteiger partial charge in [-0.3, -0.25) is 15.1 Å². The molecule has 7 heteroatoms. The molecule has 2 rings (SSSR count). The minimum absolute atomic E-state index is 0.0784. The van der Waals surface area contributed by atoms with Gasteiger partial charge < -0.3 is 10.4 Å². The Morgan fingerprint density at radius 3 is 2.88 bits per heavy atom. The van der Waals surface area contributed by atoms with Gasteiger partial charge in [0.1, 0.15) is 11.2 Å². The summed E-state index contributed by atoms with van der Waals surface area (Å²) >= 11 is 6.04. The number of aromatic hydroxyl groups is 1. The van der Waals surface area contributed by atoms with Crippen LogP contribution in [0.4, 0.5) is 11.4 Å². The maximum Gasteiger partial charge on any atom is 0.337 e. The first kappa shape index (κ1) is 11.4. The first-order valence-corrected chi connectivity index (χ1v) is 5.07. The van der Waals surface area contributed by atoms with Crippen molar-refractivity contribution < 1.29 is 10.0 Å². The molecular formula is C10H8ClN3O3. The van der Waals surface area contributed by atoms with Crippen LogP contribution in [0, 0.1) is 10.1 Å². The number of phenols is 1. The Morgan fingerprint density at radius 2 is 2.29 bits per heavy atom. The number of halogens is 1. The van der Waals surface area contributed by atoms with Crippen molar-refractivity contribution in [1.82, 2.24) is 4.98 Å². The van der Waals surface area contributed by atoms with E-state index in [0.717, 1.165) is 0 Å². The number of nitro groups is 1. The van der Waals surface area contributed by atoms with E-state index in [1.807, 2.05) is 0 Å². The lowest BCUT2D eigenvalue weighted by Crippen LogP contribution is -1.99. The number of rotatable bonds is 2. The molecule has 6 nitrogen and oxygen atoms in total. The van der Waals surface area contributed by atoms with E-state index >= 15 is 0 Å². The van der Waals surface area contributed by atoms with Gasteiger partial charge in [-0.2, -0.15) is 0 Å². The van der Waals surface area contributed by atoms with Crippen LogP contribution in [0.2, 0.25) is 5.02 Å². The summed E-state index contributed by atoms with van der Waals surface area (Å²) in [6, 6.07) is 3.27. The Hall–Kier alpha value is -2.08. The number of hydrogen-bond acceptors (Lipinski definition) is 5. The average Bonchev–Trinajstić information content (AvgIpc) is 2.33. The first-order valence-electron chi connectivity index (χ1n) is 4.69. The highest BCUT2D eigenvalue weighted by molar-refractivity contribution is 6.39. The minimum atomic E-state index is -0.693. The number of aromatic nitrogens is 1. The predicted molar refractivity (Wildman–Crippen MR) is 64.6 cm³/mol. The van der Waals surface area contributed by atoms with Crippen molar-refractivity contribution in [2.75, 3.05) is 12.4 Å². The third kappa shape index (κ3) is 1.62. The lowest BCUT2D eigenvalue weighted by Gasteiger charge is -2.09. The van der Waals surface area contributed by atoms with Crippen LogP contribution in [0.15, 0.2) is 18.3 Å². The molecule has 1 aromatic carbocycles. The summed E-state index contributed by atoms with van der Waals surface area (Å²) in [5.74, 6) is -0.487. The third-order valence-corrected chi connectivity index (χ3v) is 2.77. The molecule has 0 aliphatic heterocycles. The maximum absolute atomic E-state index is 10.9. The van der Waals surface area contributed by atoms with E-state index in [4.69, 9.17) is 11.6 Å². The fraction of sp³-hybridized carbons (Fsp3) is 0.100. The van der Waals surface area contributed by atoms with Gasteiger partial charge in [0, 0.05) is 18.6 Å². The van der Waals surface area contributed by atoms with Gasteiger partial charge in [0.25, 0.3) is 0 Å². The molecule has 0 amide bonds. The first-order chi connectivity index (χ1) is 8.07. The number of nitro benzene ring substituents is 1. The largest absolute Gasteiger partial charge is 0.501 e. The molecule has 2 aromatic rings. The molecule has 0 saturated heterocycles. The van der Waals surface area contributed by atoms with Crippen molar-refractivity contribution in [3.8, 4) is 5.75 Å². The van der Waals surface area contributed by atoms with Gasteiger partial charge in [-0.15, -0.1) is 0 Å². The summed E-state index contributed by atoms with van der Waals surface area (Å²) < 4.78 is 0. The summed E-state index contributed by atoms with van der Waals surface area (Å²) in [7, 11) is 1.50. The van der Waals surface area contributed by atoms with Gasteiger partial charge in [-0.1, -0.05) is 11.6 Å². The summed E-state index contributed by atoms with van der Waals surface area (Å²) in [6.45, 7) is 0. The van der Waals surface area contributed by atoms with E-state index in [-0.39, 0.29) is 16.2 Å². The lowest BCUT2D eigenvalue weighted by atomic mass is 10.1. The molecule has 2 N–H and O–H groups in total. The zero-order valence-corrected chi connectivity index (χ0v) is 9.52. The van der Waals surface area contributed by atoms with Gasteiger partial charge in [-0.05, 0) is 12.1 Å². The van der Waals surface area contributed by atoms with Gasteiger partial charge in [-0.25, -0.2) is 0 Å². The normalized spacial score (nSPS) is 10.5. The van der Waals surface area contributed by atoms with Crippen LogP contribution in [0.25, 0.3) is 10.9 Å². The third-order valence-electron chi connectivity index (χ3n) is 2.38. The molecule has 0 radical (unpaired) electrons. The number of benzene rings is 1. The monoisotopic (exact) mass is 253 g/mol. The fourth-order valence-electron chi connectivity index (χ4n) is 1.65. The van der Waals surface area contributed by atoms with E-state index < -0.39 is 16.4 Å². The number of nitrogens with zero attached hydrogens (tertiary/aromatic N) is 2. The van der Waals surface area contributed by atoms with Gasteiger partial charge in [0.2, 0.25) is 5.75 Å². The fourth-order valence-corrected chi connectivity index (χ4v) is 1.98. The SMILES string of the molecule is CNc1c([N+](=O)[O-])c(O)c2ncccc2c1Cl. The van der Waals surface area contributed by atoms with E-state index in [1.165, 1.54) is 13.2 Å². The quantitative estimate of drug-likeness (QED) is 0.634. The van der Waals surface area contributed by atoms with Gasteiger partial charge in [0.15, 0.2) is 0 Å². The molecule has 0 atom stereocenters. The second-order valence-electron chi connectivity index (χ2n) is 3.29. The highest BCUT2D eigenvalue weighted by Crippen LogP contribution is 2.45. The van der Waals surface area contributed by atoms with Crippen molar-refractivity contribution >= 4 is 33.9 Å².